The monoisotopic (exact) mass is 938 g/mol. The Kier molecular flexibility index (Phi) is 8.62. The van der Waals surface area contributed by atoms with Crippen LogP contribution in [-0.4, -0.2) is 4.57 Å². The molecule has 0 unspecified atom stereocenters. The standard InChI is InChI=1S/C72H46N2/c1-3-22-49(23-4-1)71(50-24-5-2-6-25-50)62-35-15-11-30-59(62)69-64(71)36-19-39-67(69)73(51-42-40-48(41-43-51)54-31-17-21-47-20-7-8-26-53(47)54)52-44-45-63-68(46-52)74-66-38-16-12-29-57(66)58-32-18-37-65(70(58)74)72(63)60-33-13-9-27-55(60)56-28-10-14-34-61(56)72/h1-46H. The van der Waals surface area contributed by atoms with Crippen LogP contribution in [0.15, 0.2) is 279 Å². The predicted octanol–water partition coefficient (Wildman–Crippen LogP) is 18.1. The first kappa shape index (κ1) is 41.2. The summed E-state index contributed by atoms with van der Waals surface area (Å²) in [6, 6.07) is 105. The van der Waals surface area contributed by atoms with Gasteiger partial charge in [0.15, 0.2) is 0 Å². The molecule has 1 aromatic heterocycles. The molecule has 0 amide bonds. The largest absolute Gasteiger partial charge is 0.310 e. The quantitative estimate of drug-likeness (QED) is 0.161. The highest BCUT2D eigenvalue weighted by atomic mass is 15.2. The van der Waals surface area contributed by atoms with E-state index in [2.05, 4.69) is 289 Å². The summed E-state index contributed by atoms with van der Waals surface area (Å²) in [5.41, 5.74) is 23.7. The Bertz CT molecular complexity index is 4340. The number of anilines is 3. The normalized spacial score (nSPS) is 13.9. The van der Waals surface area contributed by atoms with Gasteiger partial charge in [-0.2, -0.15) is 0 Å². The number of hydrogen-bond acceptors (Lipinski definition) is 1. The maximum absolute atomic E-state index is 2.58. The van der Waals surface area contributed by atoms with Crippen LogP contribution in [0.4, 0.5) is 17.1 Å². The molecule has 3 aliphatic rings. The van der Waals surface area contributed by atoms with Gasteiger partial charge in [-0.05, 0) is 119 Å². The number of rotatable bonds is 6. The van der Waals surface area contributed by atoms with Crippen LogP contribution in [-0.2, 0) is 10.8 Å². The fourth-order valence-electron chi connectivity index (χ4n) is 14.0. The maximum atomic E-state index is 2.58. The van der Waals surface area contributed by atoms with E-state index in [-0.39, 0.29) is 0 Å². The Morgan fingerprint density at radius 1 is 0.311 bits per heavy atom. The van der Waals surface area contributed by atoms with Crippen molar-refractivity contribution in [2.45, 2.75) is 10.8 Å². The van der Waals surface area contributed by atoms with Gasteiger partial charge in [-0.15, -0.1) is 0 Å². The number of para-hydroxylation sites is 2. The second kappa shape index (κ2) is 15.5. The first-order chi connectivity index (χ1) is 36.7. The van der Waals surface area contributed by atoms with Gasteiger partial charge in [0.25, 0.3) is 0 Å². The molecule has 0 saturated heterocycles. The Morgan fingerprint density at radius 3 is 1.55 bits per heavy atom. The molecule has 1 spiro atoms. The number of nitrogens with zero attached hydrogens (tertiary/aromatic N) is 2. The van der Waals surface area contributed by atoms with E-state index in [9.17, 15) is 0 Å². The van der Waals surface area contributed by atoms with Gasteiger partial charge in [-0.1, -0.05) is 243 Å². The van der Waals surface area contributed by atoms with Gasteiger partial charge in [-0.3, -0.25) is 0 Å². The zero-order valence-electron chi connectivity index (χ0n) is 40.5. The van der Waals surface area contributed by atoms with Crippen molar-refractivity contribution < 1.29 is 0 Å². The topological polar surface area (TPSA) is 8.17 Å². The Hall–Kier alpha value is -9.50. The molecule has 0 atom stereocenters. The highest BCUT2D eigenvalue weighted by Crippen LogP contribution is 2.63. The zero-order chi connectivity index (χ0) is 48.5. The lowest BCUT2D eigenvalue weighted by Gasteiger charge is -2.40. The molecule has 12 aromatic carbocycles. The van der Waals surface area contributed by atoms with E-state index in [4.69, 9.17) is 0 Å². The van der Waals surface area contributed by atoms with Gasteiger partial charge in [0, 0.05) is 27.7 Å². The van der Waals surface area contributed by atoms with E-state index >= 15 is 0 Å². The van der Waals surface area contributed by atoms with E-state index < -0.39 is 10.8 Å². The fourth-order valence-corrected chi connectivity index (χ4v) is 14.0. The molecule has 74 heavy (non-hydrogen) atoms. The third kappa shape index (κ3) is 5.33. The second-order valence-corrected chi connectivity index (χ2v) is 20.2. The van der Waals surface area contributed by atoms with Crippen LogP contribution >= 0.6 is 0 Å². The third-order valence-corrected chi connectivity index (χ3v) is 16.9. The zero-order valence-corrected chi connectivity index (χ0v) is 40.5. The van der Waals surface area contributed by atoms with Crippen molar-refractivity contribution in [3.63, 3.8) is 0 Å². The average molecular weight is 939 g/mol. The molecule has 0 N–H and O–H groups in total. The van der Waals surface area contributed by atoms with Crippen molar-refractivity contribution in [3.05, 3.63) is 324 Å². The van der Waals surface area contributed by atoms with Gasteiger partial charge in [-0.25, -0.2) is 0 Å². The van der Waals surface area contributed by atoms with E-state index in [1.165, 1.54) is 116 Å². The van der Waals surface area contributed by atoms with E-state index in [0.29, 0.717) is 0 Å². The summed E-state index contributed by atoms with van der Waals surface area (Å²) < 4.78 is 2.58. The van der Waals surface area contributed by atoms with Gasteiger partial charge >= 0.3 is 0 Å². The van der Waals surface area contributed by atoms with E-state index in [0.717, 1.165) is 17.1 Å². The molecular formula is C72H46N2. The van der Waals surface area contributed by atoms with Gasteiger partial charge in [0.2, 0.25) is 0 Å². The summed E-state index contributed by atoms with van der Waals surface area (Å²) in [6.45, 7) is 0. The smallest absolute Gasteiger partial charge is 0.0754 e. The van der Waals surface area contributed by atoms with Crippen LogP contribution in [0.25, 0.3) is 71.6 Å². The number of aromatic nitrogens is 1. The van der Waals surface area contributed by atoms with Crippen molar-refractivity contribution in [1.82, 2.24) is 4.57 Å². The Morgan fingerprint density at radius 2 is 0.824 bits per heavy atom. The van der Waals surface area contributed by atoms with Crippen LogP contribution in [0.3, 0.4) is 0 Å². The first-order valence-electron chi connectivity index (χ1n) is 25.8. The van der Waals surface area contributed by atoms with Gasteiger partial charge in [0.1, 0.15) is 0 Å². The molecule has 13 aromatic rings. The SMILES string of the molecule is c1ccc(C2(c3ccccc3)c3ccccc3-c3c(N(c4ccc(-c5cccc6ccccc56)cc4)c4ccc5c(c4)-n4c6ccccc6c6cccc(c64)C54c5ccccc5-c5ccccc54)cccc32)cc1. The fraction of sp³-hybridized carbons (Fsp3) is 0.0278. The van der Waals surface area contributed by atoms with Crippen LogP contribution in [0.1, 0.15) is 44.5 Å². The van der Waals surface area contributed by atoms with E-state index in [1.807, 2.05) is 0 Å². The summed E-state index contributed by atoms with van der Waals surface area (Å²) >= 11 is 0. The molecule has 2 heterocycles. The highest BCUT2D eigenvalue weighted by Gasteiger charge is 2.51. The predicted molar refractivity (Wildman–Crippen MR) is 307 cm³/mol. The van der Waals surface area contributed by atoms with Crippen LogP contribution in [0, 0.1) is 0 Å². The minimum atomic E-state index is -0.556. The third-order valence-electron chi connectivity index (χ3n) is 16.9. The summed E-state index contributed by atoms with van der Waals surface area (Å²) in [7, 11) is 0. The molecule has 2 aliphatic carbocycles. The summed E-state index contributed by atoms with van der Waals surface area (Å²) in [4.78, 5) is 2.54. The van der Waals surface area contributed by atoms with Crippen LogP contribution < -0.4 is 4.90 Å². The number of benzene rings is 12. The highest BCUT2D eigenvalue weighted by molar-refractivity contribution is 6.13. The lowest BCUT2D eigenvalue weighted by Crippen LogP contribution is -2.33. The lowest BCUT2D eigenvalue weighted by atomic mass is 9.65. The Labute approximate surface area is 430 Å². The van der Waals surface area contributed by atoms with Crippen LogP contribution in [0.2, 0.25) is 0 Å². The molecule has 0 bridgehead atoms. The first-order valence-corrected chi connectivity index (χ1v) is 25.8. The number of fused-ring (bicyclic) bond motifs is 16. The lowest BCUT2D eigenvalue weighted by molar-refractivity contribution is 0.748. The Balaban J connectivity index is 1.01. The maximum Gasteiger partial charge on any atom is 0.0754 e. The summed E-state index contributed by atoms with van der Waals surface area (Å²) in [5, 5.41) is 5.02. The van der Waals surface area contributed by atoms with Gasteiger partial charge < -0.3 is 9.47 Å². The molecule has 2 nitrogen and oxygen atoms in total. The molecule has 0 radical (unpaired) electrons. The molecule has 2 heteroatoms. The van der Waals surface area contributed by atoms with Crippen LogP contribution in [0.5, 0.6) is 0 Å². The minimum Gasteiger partial charge on any atom is -0.310 e. The summed E-state index contributed by atoms with van der Waals surface area (Å²) in [6.07, 6.45) is 0. The van der Waals surface area contributed by atoms with Crippen molar-refractivity contribution in [3.8, 4) is 39.1 Å². The van der Waals surface area contributed by atoms with Crippen molar-refractivity contribution in [2.24, 2.45) is 0 Å². The second-order valence-electron chi connectivity index (χ2n) is 20.2. The van der Waals surface area contributed by atoms with Crippen molar-refractivity contribution in [2.75, 3.05) is 4.90 Å². The molecule has 0 fully saturated rings. The molecule has 344 valence electrons. The van der Waals surface area contributed by atoms with E-state index in [1.54, 1.807) is 0 Å². The molecule has 0 saturated carbocycles. The molecule has 16 rings (SSSR count). The average Bonchev–Trinajstić information content (AvgIpc) is 4.09. The number of hydrogen-bond donors (Lipinski definition) is 0. The van der Waals surface area contributed by atoms with Crippen molar-refractivity contribution >= 4 is 49.6 Å². The molecule has 1 aliphatic heterocycles. The summed E-state index contributed by atoms with van der Waals surface area (Å²) in [5.74, 6) is 0. The minimum absolute atomic E-state index is 0.548. The van der Waals surface area contributed by atoms with Crippen molar-refractivity contribution in [1.29, 1.82) is 0 Å². The molecular weight excluding hydrogens is 893 g/mol. The van der Waals surface area contributed by atoms with Gasteiger partial charge in [0.05, 0.1) is 33.2 Å².